The first-order valence-corrected chi connectivity index (χ1v) is 21.2. The van der Waals surface area contributed by atoms with Gasteiger partial charge < -0.3 is 15.8 Å². The van der Waals surface area contributed by atoms with Crippen molar-refractivity contribution < 1.29 is 59.6 Å². The van der Waals surface area contributed by atoms with E-state index < -0.39 is 92.3 Å². The van der Waals surface area contributed by atoms with Gasteiger partial charge in [0.15, 0.2) is 6.73 Å². The molecule has 1 saturated carbocycles. The zero-order valence-corrected chi connectivity index (χ0v) is 35.7. The van der Waals surface area contributed by atoms with Crippen molar-refractivity contribution in [1.82, 2.24) is 5.32 Å². The van der Waals surface area contributed by atoms with Gasteiger partial charge in [0.2, 0.25) is 18.0 Å². The molecule has 330 valence electrons. The van der Waals surface area contributed by atoms with Crippen LogP contribution in [0.4, 0.5) is 23.2 Å². The molecule has 0 unspecified atom stereocenters. The SMILES string of the molecule is CC(C)(C)OP(=O)(OCc1cccc(C(=O)OCN2C(=O)[C@@H](NC(=O)[C@H](CCC(F)(F)F)[C@H](CC3CC3)C(N)=O)N=C(c3ccccc3)c3cccc(F)c32)c1)OC(C)(C)C. The Morgan fingerprint density at radius 3 is 2.15 bits per heavy atom. The highest BCUT2D eigenvalue weighted by molar-refractivity contribution is 7.48. The minimum Gasteiger partial charge on any atom is -0.440 e. The quantitative estimate of drug-likeness (QED) is 0.0767. The Bertz CT molecular complexity index is 2150. The molecule has 1 aliphatic heterocycles. The van der Waals surface area contributed by atoms with Crippen LogP contribution < -0.4 is 16.0 Å². The number of phosphoric acid groups is 1. The van der Waals surface area contributed by atoms with Crippen molar-refractivity contribution in [3.05, 3.63) is 101 Å². The number of benzodiazepines with no additional fused rings is 1. The Morgan fingerprint density at radius 1 is 0.918 bits per heavy atom. The number of primary amides is 1. The average molecular weight is 875 g/mol. The molecule has 0 aromatic heterocycles. The number of amides is 3. The Balaban J connectivity index is 1.45. The number of anilines is 1. The van der Waals surface area contributed by atoms with Gasteiger partial charge in [-0.2, -0.15) is 13.2 Å². The Morgan fingerprint density at radius 2 is 1.56 bits per heavy atom. The summed E-state index contributed by atoms with van der Waals surface area (Å²) >= 11 is 0. The van der Waals surface area contributed by atoms with Crippen molar-refractivity contribution in [2.24, 2.45) is 28.5 Å². The second-order valence-electron chi connectivity index (χ2n) is 17.0. The molecule has 3 aromatic carbocycles. The third-order valence-electron chi connectivity index (χ3n) is 9.46. The number of carbonyl (C=O) groups is 4. The molecule has 0 radical (unpaired) electrons. The highest BCUT2D eigenvalue weighted by atomic mass is 31.2. The molecule has 0 bridgehead atoms. The third-order valence-corrected chi connectivity index (χ3v) is 11.4. The van der Waals surface area contributed by atoms with Gasteiger partial charge in [-0.15, -0.1) is 0 Å². The largest absolute Gasteiger partial charge is 0.476 e. The number of nitrogens with zero attached hydrogens (tertiary/aromatic N) is 2. The molecule has 3 atom stereocenters. The summed E-state index contributed by atoms with van der Waals surface area (Å²) in [5.41, 5.74) is 4.33. The number of hydrogen-bond donors (Lipinski definition) is 2. The van der Waals surface area contributed by atoms with Crippen molar-refractivity contribution in [3.8, 4) is 0 Å². The minimum atomic E-state index is -4.67. The van der Waals surface area contributed by atoms with Crippen LogP contribution in [-0.2, 0) is 43.9 Å². The van der Waals surface area contributed by atoms with Gasteiger partial charge in [-0.1, -0.05) is 67.4 Å². The number of phosphoric ester groups is 1. The summed E-state index contributed by atoms with van der Waals surface area (Å²) in [6, 6.07) is 18.1. The highest BCUT2D eigenvalue weighted by Crippen LogP contribution is 2.56. The molecule has 1 fully saturated rings. The van der Waals surface area contributed by atoms with Crippen LogP contribution in [-0.4, -0.2) is 59.7 Å². The molecular formula is C43H51F4N4O9P. The first kappa shape index (κ1) is 47.1. The van der Waals surface area contributed by atoms with Crippen molar-refractivity contribution in [3.63, 3.8) is 0 Å². The van der Waals surface area contributed by atoms with E-state index in [0.717, 1.165) is 23.8 Å². The smallest absolute Gasteiger partial charge is 0.440 e. The fourth-order valence-corrected chi connectivity index (χ4v) is 8.49. The maximum atomic E-state index is 16.0. The van der Waals surface area contributed by atoms with Gasteiger partial charge >= 0.3 is 20.0 Å². The molecule has 3 N–H and O–H groups in total. The van der Waals surface area contributed by atoms with Gasteiger partial charge in [0.05, 0.1) is 34.8 Å². The second-order valence-corrected chi connectivity index (χ2v) is 18.5. The summed E-state index contributed by atoms with van der Waals surface area (Å²) in [6.45, 7) is 8.87. The van der Waals surface area contributed by atoms with Crippen molar-refractivity contribution in [2.75, 3.05) is 11.6 Å². The Kier molecular flexibility index (Phi) is 14.6. The second kappa shape index (κ2) is 19.0. The summed E-state index contributed by atoms with van der Waals surface area (Å²) in [4.78, 5) is 60.0. The molecule has 1 heterocycles. The van der Waals surface area contributed by atoms with Crippen LogP contribution in [0.25, 0.3) is 0 Å². The molecule has 18 heteroatoms. The van der Waals surface area contributed by atoms with Crippen LogP contribution >= 0.6 is 7.82 Å². The summed E-state index contributed by atoms with van der Waals surface area (Å²) in [5, 5.41) is 2.43. The average Bonchev–Trinajstić information content (AvgIpc) is 3.99. The number of esters is 1. The van der Waals surface area contributed by atoms with Gasteiger partial charge in [0.1, 0.15) is 5.82 Å². The Hall–Kier alpha value is -4.96. The number of hydrogen-bond acceptors (Lipinski definition) is 10. The van der Waals surface area contributed by atoms with E-state index in [4.69, 9.17) is 24.0 Å². The number of benzene rings is 3. The lowest BCUT2D eigenvalue weighted by Crippen LogP contribution is -2.51. The molecule has 61 heavy (non-hydrogen) atoms. The van der Waals surface area contributed by atoms with Crippen molar-refractivity contribution in [2.45, 2.75) is 104 Å². The lowest BCUT2D eigenvalue weighted by Gasteiger charge is -2.30. The number of halogens is 4. The van der Waals surface area contributed by atoms with E-state index in [1.165, 1.54) is 30.3 Å². The first-order chi connectivity index (χ1) is 28.4. The topological polar surface area (TPSA) is 176 Å². The maximum Gasteiger partial charge on any atom is 0.476 e. The Labute approximate surface area is 352 Å². The van der Waals surface area contributed by atoms with E-state index in [0.29, 0.717) is 11.1 Å². The number of carbonyl (C=O) groups excluding carboxylic acids is 4. The normalized spacial score (nSPS) is 17.1. The van der Waals surface area contributed by atoms with E-state index in [2.05, 4.69) is 10.3 Å². The molecule has 0 saturated heterocycles. The lowest BCUT2D eigenvalue weighted by molar-refractivity contribution is -0.146. The van der Waals surface area contributed by atoms with Crippen LogP contribution in [0.1, 0.15) is 101 Å². The van der Waals surface area contributed by atoms with Gasteiger partial charge in [-0.05, 0) is 84.1 Å². The molecule has 0 spiro atoms. The predicted octanol–water partition coefficient (Wildman–Crippen LogP) is 8.38. The van der Waals surface area contributed by atoms with Crippen LogP contribution in [0.3, 0.4) is 0 Å². The number of nitrogens with one attached hydrogen (secondary N) is 1. The van der Waals surface area contributed by atoms with E-state index in [1.54, 1.807) is 77.9 Å². The zero-order valence-electron chi connectivity index (χ0n) is 34.8. The molecule has 3 amide bonds. The number of nitrogens with two attached hydrogens (primary N) is 1. The van der Waals surface area contributed by atoms with Gasteiger partial charge in [-0.3, -0.25) is 32.9 Å². The van der Waals surface area contributed by atoms with Crippen LogP contribution in [0.5, 0.6) is 0 Å². The summed E-state index contributed by atoms with van der Waals surface area (Å²) < 4.78 is 92.8. The molecule has 13 nitrogen and oxygen atoms in total. The third kappa shape index (κ3) is 13.5. The summed E-state index contributed by atoms with van der Waals surface area (Å²) in [6.07, 6.45) is -7.23. The van der Waals surface area contributed by atoms with E-state index in [-0.39, 0.29) is 41.5 Å². The fraction of sp³-hybridized carbons (Fsp3) is 0.465. The van der Waals surface area contributed by atoms with Gasteiger partial charge in [0.25, 0.3) is 5.91 Å². The van der Waals surface area contributed by atoms with Crippen molar-refractivity contribution >= 4 is 42.9 Å². The molecule has 2 aliphatic rings. The van der Waals surface area contributed by atoms with E-state index in [1.807, 2.05) is 0 Å². The zero-order chi connectivity index (χ0) is 44.9. The van der Waals surface area contributed by atoms with Crippen LogP contribution in [0, 0.1) is 23.6 Å². The lowest BCUT2D eigenvalue weighted by atomic mass is 9.83. The maximum absolute atomic E-state index is 16.0. The number of alkyl halides is 3. The van der Waals surface area contributed by atoms with Crippen LogP contribution in [0.2, 0.25) is 0 Å². The molecule has 1 aliphatic carbocycles. The summed E-state index contributed by atoms with van der Waals surface area (Å²) in [7, 11) is -4.13. The van der Waals surface area contributed by atoms with E-state index >= 15 is 4.39 Å². The predicted molar refractivity (Wildman–Crippen MR) is 217 cm³/mol. The van der Waals surface area contributed by atoms with E-state index in [9.17, 15) is 36.9 Å². The minimum absolute atomic E-state index is 0.00321. The number of aliphatic imine (C=N–C) groups is 1. The van der Waals surface area contributed by atoms with Gasteiger partial charge in [0, 0.05) is 29.4 Å². The number of ether oxygens (including phenoxy) is 1. The summed E-state index contributed by atoms with van der Waals surface area (Å²) in [5.74, 6) is -7.89. The van der Waals surface area contributed by atoms with Crippen molar-refractivity contribution in [1.29, 1.82) is 0 Å². The molecule has 5 rings (SSSR count). The first-order valence-electron chi connectivity index (χ1n) is 19.7. The van der Waals surface area contributed by atoms with Gasteiger partial charge in [-0.25, -0.2) is 18.7 Å². The molecule has 3 aromatic rings. The fourth-order valence-electron chi connectivity index (χ4n) is 6.70. The highest BCUT2D eigenvalue weighted by Gasteiger charge is 2.43. The van der Waals surface area contributed by atoms with Crippen LogP contribution in [0.15, 0.2) is 77.8 Å². The molecular weight excluding hydrogens is 823 g/mol. The monoisotopic (exact) mass is 874 g/mol. The number of rotatable bonds is 17. The number of para-hydroxylation sites is 1. The number of fused-ring (bicyclic) bond motifs is 1. The standard InChI is InChI=1S/C43H51F4N4O9P/c1-41(2,3)59-61(56,60-42(4,5)6)58-24-27-12-10-15-29(22-27)40(55)57-25-51-35-31(16-11-17-33(35)44)34(28-13-8-7-9-14-28)49-37(39(51)54)50-38(53)30(20-21-43(45,46)47)32(36(48)52)23-26-18-19-26/h7-17,22,26,30,32,37H,18-21,23-25H2,1-6H3,(H2,48,52)(H,50,53)/t30-,32+,37-/m1/s1.